The Bertz CT molecular complexity index is 761. The summed E-state index contributed by atoms with van der Waals surface area (Å²) in [5.41, 5.74) is 2.36. The lowest BCUT2D eigenvalue weighted by Gasteiger charge is -2.34. The normalized spacial score (nSPS) is 15.3. The number of pyridine rings is 1. The number of hydrogen-bond donors (Lipinski definition) is 1. The van der Waals surface area contributed by atoms with Gasteiger partial charge in [-0.2, -0.15) is 0 Å². The Morgan fingerprint density at radius 1 is 1.17 bits per heavy atom. The van der Waals surface area contributed by atoms with E-state index in [0.29, 0.717) is 0 Å². The molecule has 1 aliphatic rings. The van der Waals surface area contributed by atoms with Crippen molar-refractivity contribution < 1.29 is 4.79 Å². The first kappa shape index (κ1) is 16.3. The Kier molecular flexibility index (Phi) is 4.99. The predicted octanol–water partition coefficient (Wildman–Crippen LogP) is 1.94. The summed E-state index contributed by atoms with van der Waals surface area (Å²) in [6, 6.07) is 13.6. The highest BCUT2D eigenvalue weighted by atomic mass is 16.2. The van der Waals surface area contributed by atoms with E-state index in [4.69, 9.17) is 0 Å². The highest BCUT2D eigenvalue weighted by molar-refractivity contribution is 5.76. The van der Waals surface area contributed by atoms with Crippen LogP contribution in [0, 0.1) is 6.92 Å². The lowest BCUT2D eigenvalue weighted by Crippen LogP contribution is -2.46. The molecule has 0 saturated carbocycles. The molecule has 0 unspecified atom stereocenters. The molecule has 1 fully saturated rings. The van der Waals surface area contributed by atoms with Crippen molar-refractivity contribution in [2.24, 2.45) is 0 Å². The van der Waals surface area contributed by atoms with Crippen molar-refractivity contribution in [1.82, 2.24) is 9.88 Å². The predicted molar refractivity (Wildman–Crippen MR) is 95.3 cm³/mol. The molecule has 1 aromatic heterocycles. The van der Waals surface area contributed by atoms with E-state index in [1.54, 1.807) is 18.3 Å². The van der Waals surface area contributed by atoms with Gasteiger partial charge in [0.15, 0.2) is 0 Å². The van der Waals surface area contributed by atoms with Crippen molar-refractivity contribution in [2.45, 2.75) is 32.4 Å². The highest BCUT2D eigenvalue weighted by Gasteiger charge is 2.21. The maximum Gasteiger partial charge on any atom is 0.250 e. The number of rotatable bonds is 4. The second-order valence-corrected chi connectivity index (χ2v) is 6.33. The molecular formula is C19H23N3O2. The van der Waals surface area contributed by atoms with Crippen LogP contribution >= 0.6 is 0 Å². The number of benzene rings is 1. The van der Waals surface area contributed by atoms with Crippen LogP contribution in [-0.2, 0) is 11.3 Å². The SMILES string of the molecule is Cc1cccc(N2CCC(NC(=O)Cn3ccccc3=O)CC2)c1. The van der Waals surface area contributed by atoms with Crippen LogP contribution in [-0.4, -0.2) is 29.6 Å². The molecule has 1 N–H and O–H groups in total. The van der Waals surface area contributed by atoms with Gasteiger partial charge in [-0.1, -0.05) is 18.2 Å². The summed E-state index contributed by atoms with van der Waals surface area (Å²) >= 11 is 0. The summed E-state index contributed by atoms with van der Waals surface area (Å²) in [5.74, 6) is -0.0997. The second-order valence-electron chi connectivity index (χ2n) is 6.33. The largest absolute Gasteiger partial charge is 0.371 e. The van der Waals surface area contributed by atoms with E-state index < -0.39 is 0 Å². The lowest BCUT2D eigenvalue weighted by atomic mass is 10.0. The van der Waals surface area contributed by atoms with E-state index in [1.165, 1.54) is 21.9 Å². The lowest BCUT2D eigenvalue weighted by molar-refractivity contribution is -0.122. The Labute approximate surface area is 141 Å². The maximum absolute atomic E-state index is 12.1. The van der Waals surface area contributed by atoms with E-state index in [1.807, 2.05) is 0 Å². The monoisotopic (exact) mass is 325 g/mol. The molecule has 1 aromatic carbocycles. The van der Waals surface area contributed by atoms with E-state index in [9.17, 15) is 9.59 Å². The Morgan fingerprint density at radius 2 is 1.96 bits per heavy atom. The number of carbonyl (C=O) groups excluding carboxylic acids is 1. The van der Waals surface area contributed by atoms with E-state index in [0.717, 1.165) is 25.9 Å². The molecule has 5 heteroatoms. The van der Waals surface area contributed by atoms with Gasteiger partial charge in [0.2, 0.25) is 5.91 Å². The van der Waals surface area contributed by atoms with E-state index in [-0.39, 0.29) is 24.1 Å². The van der Waals surface area contributed by atoms with Crippen molar-refractivity contribution in [2.75, 3.05) is 18.0 Å². The fraction of sp³-hybridized carbons (Fsp3) is 0.368. The molecule has 5 nitrogen and oxygen atoms in total. The van der Waals surface area contributed by atoms with Crippen LogP contribution in [0.15, 0.2) is 53.5 Å². The number of aryl methyl sites for hydroxylation is 1. The summed E-state index contributed by atoms with van der Waals surface area (Å²) in [7, 11) is 0. The average molecular weight is 325 g/mol. The molecule has 0 radical (unpaired) electrons. The molecule has 0 aliphatic carbocycles. The standard InChI is InChI=1S/C19H23N3O2/c1-15-5-4-6-17(13-15)21-11-8-16(9-12-21)20-18(23)14-22-10-3-2-7-19(22)24/h2-7,10,13,16H,8-9,11-12,14H2,1H3,(H,20,23). The topological polar surface area (TPSA) is 54.3 Å². The molecule has 0 spiro atoms. The first-order valence-electron chi connectivity index (χ1n) is 8.38. The minimum Gasteiger partial charge on any atom is -0.371 e. The van der Waals surface area contributed by atoms with Gasteiger partial charge in [0.05, 0.1) is 0 Å². The van der Waals surface area contributed by atoms with Gasteiger partial charge in [-0.25, -0.2) is 0 Å². The zero-order valence-electron chi connectivity index (χ0n) is 13.9. The first-order chi connectivity index (χ1) is 11.6. The number of anilines is 1. The van der Waals surface area contributed by atoms with Gasteiger partial charge in [0.1, 0.15) is 6.54 Å². The Morgan fingerprint density at radius 3 is 2.67 bits per heavy atom. The molecule has 1 aliphatic heterocycles. The minimum atomic E-state index is -0.151. The fourth-order valence-electron chi connectivity index (χ4n) is 3.13. The molecule has 1 amide bonds. The van der Waals surface area contributed by atoms with Crippen LogP contribution in [0.25, 0.3) is 0 Å². The van der Waals surface area contributed by atoms with Crippen LogP contribution in [0.5, 0.6) is 0 Å². The molecule has 3 rings (SSSR count). The number of piperidine rings is 1. The van der Waals surface area contributed by atoms with Gasteiger partial charge in [-0.05, 0) is 43.5 Å². The Balaban J connectivity index is 1.51. The van der Waals surface area contributed by atoms with Gasteiger partial charge in [-0.3, -0.25) is 9.59 Å². The summed E-state index contributed by atoms with van der Waals surface area (Å²) in [4.78, 5) is 26.2. The number of aromatic nitrogens is 1. The van der Waals surface area contributed by atoms with Crippen LogP contribution in [0.1, 0.15) is 18.4 Å². The smallest absolute Gasteiger partial charge is 0.250 e. The number of nitrogens with one attached hydrogen (secondary N) is 1. The Hall–Kier alpha value is -2.56. The van der Waals surface area contributed by atoms with Crippen LogP contribution < -0.4 is 15.8 Å². The molecule has 2 heterocycles. The van der Waals surface area contributed by atoms with Gasteiger partial charge in [0, 0.05) is 37.1 Å². The van der Waals surface area contributed by atoms with Gasteiger partial charge in [0.25, 0.3) is 5.56 Å². The second kappa shape index (κ2) is 7.34. The van der Waals surface area contributed by atoms with E-state index >= 15 is 0 Å². The van der Waals surface area contributed by atoms with Crippen molar-refractivity contribution in [1.29, 1.82) is 0 Å². The van der Waals surface area contributed by atoms with Crippen molar-refractivity contribution in [3.05, 3.63) is 64.6 Å². The maximum atomic E-state index is 12.1. The molecular weight excluding hydrogens is 302 g/mol. The summed E-state index contributed by atoms with van der Waals surface area (Å²) < 4.78 is 1.43. The fourth-order valence-corrected chi connectivity index (χ4v) is 3.13. The van der Waals surface area contributed by atoms with Gasteiger partial charge < -0.3 is 14.8 Å². The van der Waals surface area contributed by atoms with Crippen molar-refractivity contribution in [3.63, 3.8) is 0 Å². The number of amides is 1. The number of hydrogen-bond acceptors (Lipinski definition) is 3. The van der Waals surface area contributed by atoms with Gasteiger partial charge >= 0.3 is 0 Å². The van der Waals surface area contributed by atoms with Crippen molar-refractivity contribution >= 4 is 11.6 Å². The molecule has 2 aromatic rings. The molecule has 1 saturated heterocycles. The van der Waals surface area contributed by atoms with Crippen LogP contribution in [0.4, 0.5) is 5.69 Å². The third-order valence-electron chi connectivity index (χ3n) is 4.44. The summed E-state index contributed by atoms with van der Waals surface area (Å²) in [6.45, 7) is 4.04. The molecule has 0 bridgehead atoms. The third-order valence-corrected chi connectivity index (χ3v) is 4.44. The number of nitrogens with zero attached hydrogens (tertiary/aromatic N) is 2. The van der Waals surface area contributed by atoms with Crippen molar-refractivity contribution in [3.8, 4) is 0 Å². The van der Waals surface area contributed by atoms with Gasteiger partial charge in [-0.15, -0.1) is 0 Å². The zero-order chi connectivity index (χ0) is 16.9. The molecule has 126 valence electrons. The first-order valence-corrected chi connectivity index (χ1v) is 8.38. The third kappa shape index (κ3) is 4.04. The number of carbonyl (C=O) groups is 1. The summed E-state index contributed by atoms with van der Waals surface area (Å²) in [5, 5.41) is 3.05. The summed E-state index contributed by atoms with van der Waals surface area (Å²) in [6.07, 6.45) is 3.48. The van der Waals surface area contributed by atoms with Crippen LogP contribution in [0.3, 0.4) is 0 Å². The zero-order valence-corrected chi connectivity index (χ0v) is 13.9. The minimum absolute atomic E-state index is 0.0811. The van der Waals surface area contributed by atoms with E-state index in [2.05, 4.69) is 41.4 Å². The molecule has 0 atom stereocenters. The quantitative estimate of drug-likeness (QED) is 0.935. The van der Waals surface area contributed by atoms with Crippen LogP contribution in [0.2, 0.25) is 0 Å². The average Bonchev–Trinajstić information content (AvgIpc) is 2.58. The highest BCUT2D eigenvalue weighted by Crippen LogP contribution is 2.20. The molecule has 24 heavy (non-hydrogen) atoms.